The van der Waals surface area contributed by atoms with Crippen molar-refractivity contribution >= 4 is 29.4 Å². The van der Waals surface area contributed by atoms with Gasteiger partial charge in [0.1, 0.15) is 6.54 Å². The molecular formula is C21H29N3O5. The summed E-state index contributed by atoms with van der Waals surface area (Å²) in [6.45, 7) is 7.57. The van der Waals surface area contributed by atoms with Crippen LogP contribution in [0.15, 0.2) is 24.3 Å². The van der Waals surface area contributed by atoms with E-state index in [2.05, 4.69) is 5.32 Å². The minimum absolute atomic E-state index is 0.000250. The molecule has 0 atom stereocenters. The molecule has 0 unspecified atom stereocenters. The number of carbonyl (C=O) groups is 4. The lowest BCUT2D eigenvalue weighted by Crippen LogP contribution is -2.44. The van der Waals surface area contributed by atoms with Crippen molar-refractivity contribution in [3.8, 4) is 0 Å². The average molecular weight is 403 g/mol. The van der Waals surface area contributed by atoms with Crippen LogP contribution in [0.5, 0.6) is 0 Å². The largest absolute Gasteiger partial charge is 0.454 e. The van der Waals surface area contributed by atoms with Crippen molar-refractivity contribution in [2.75, 3.05) is 24.6 Å². The standard InChI is InChI=1S/C21H29N3O5/c1-14(2)24(15(3)4)19(26)13-29-20(27)12-22-21(28)16-7-9-17(10-8-16)23-11-5-6-18(23)25/h7-10,14-15H,5-6,11-13H2,1-4H3,(H,22,28). The molecule has 1 aliphatic heterocycles. The second kappa shape index (κ2) is 10.0. The SMILES string of the molecule is CC(C)N(C(=O)COC(=O)CNC(=O)c1ccc(N2CCCC2=O)cc1)C(C)C. The number of benzene rings is 1. The summed E-state index contributed by atoms with van der Waals surface area (Å²) < 4.78 is 4.98. The summed E-state index contributed by atoms with van der Waals surface area (Å²) in [5.41, 5.74) is 1.12. The average Bonchev–Trinajstić information content (AvgIpc) is 3.10. The number of hydrogen-bond donors (Lipinski definition) is 1. The summed E-state index contributed by atoms with van der Waals surface area (Å²) in [4.78, 5) is 51.3. The van der Waals surface area contributed by atoms with Gasteiger partial charge in [-0.25, -0.2) is 0 Å². The number of esters is 1. The third-order valence-corrected chi connectivity index (χ3v) is 4.67. The van der Waals surface area contributed by atoms with Gasteiger partial charge >= 0.3 is 5.97 Å². The smallest absolute Gasteiger partial charge is 0.325 e. The van der Waals surface area contributed by atoms with E-state index in [0.29, 0.717) is 18.5 Å². The molecule has 0 radical (unpaired) electrons. The van der Waals surface area contributed by atoms with E-state index in [-0.39, 0.29) is 37.0 Å². The van der Waals surface area contributed by atoms with Crippen molar-refractivity contribution < 1.29 is 23.9 Å². The van der Waals surface area contributed by atoms with Gasteiger partial charge in [0.05, 0.1) is 0 Å². The first-order chi connectivity index (χ1) is 13.7. The molecule has 1 aliphatic rings. The monoisotopic (exact) mass is 403 g/mol. The number of anilines is 1. The molecule has 158 valence electrons. The molecule has 0 spiro atoms. The van der Waals surface area contributed by atoms with Crippen LogP contribution in [0.1, 0.15) is 50.9 Å². The quantitative estimate of drug-likeness (QED) is 0.667. The third-order valence-electron chi connectivity index (χ3n) is 4.67. The number of ether oxygens (including phenoxy) is 1. The zero-order valence-corrected chi connectivity index (χ0v) is 17.4. The molecule has 29 heavy (non-hydrogen) atoms. The summed E-state index contributed by atoms with van der Waals surface area (Å²) in [6, 6.07) is 6.63. The Kier molecular flexibility index (Phi) is 7.75. The number of nitrogens with zero attached hydrogens (tertiary/aromatic N) is 2. The molecule has 8 heteroatoms. The molecule has 1 N–H and O–H groups in total. The van der Waals surface area contributed by atoms with Crippen LogP contribution in [0.2, 0.25) is 0 Å². The Morgan fingerprint density at radius 1 is 1.10 bits per heavy atom. The van der Waals surface area contributed by atoms with Gasteiger partial charge in [-0.1, -0.05) is 0 Å². The highest BCUT2D eigenvalue weighted by Gasteiger charge is 2.23. The maximum atomic E-state index is 12.2. The van der Waals surface area contributed by atoms with Crippen molar-refractivity contribution in [1.29, 1.82) is 0 Å². The van der Waals surface area contributed by atoms with Crippen LogP contribution in [-0.4, -0.2) is 60.4 Å². The highest BCUT2D eigenvalue weighted by molar-refractivity contribution is 5.98. The number of carbonyl (C=O) groups excluding carboxylic acids is 4. The first-order valence-electron chi connectivity index (χ1n) is 9.86. The van der Waals surface area contributed by atoms with E-state index in [0.717, 1.165) is 12.1 Å². The summed E-state index contributed by atoms with van der Waals surface area (Å²) in [6.07, 6.45) is 1.37. The van der Waals surface area contributed by atoms with Gasteiger partial charge in [0.25, 0.3) is 11.8 Å². The van der Waals surface area contributed by atoms with Gasteiger partial charge in [0.15, 0.2) is 6.61 Å². The van der Waals surface area contributed by atoms with Gasteiger partial charge < -0.3 is 19.9 Å². The molecule has 2 rings (SSSR count). The molecule has 1 heterocycles. The van der Waals surface area contributed by atoms with E-state index in [1.807, 2.05) is 27.7 Å². The lowest BCUT2D eigenvalue weighted by atomic mass is 10.2. The van der Waals surface area contributed by atoms with Gasteiger partial charge in [-0.05, 0) is 58.4 Å². The van der Waals surface area contributed by atoms with Crippen LogP contribution >= 0.6 is 0 Å². The molecule has 0 aromatic heterocycles. The molecule has 1 aromatic carbocycles. The third kappa shape index (κ3) is 6.04. The number of amides is 3. The number of hydrogen-bond acceptors (Lipinski definition) is 5. The fourth-order valence-electron chi connectivity index (χ4n) is 3.41. The fraction of sp³-hybridized carbons (Fsp3) is 0.524. The lowest BCUT2D eigenvalue weighted by molar-refractivity contribution is -0.152. The van der Waals surface area contributed by atoms with E-state index < -0.39 is 11.9 Å². The van der Waals surface area contributed by atoms with E-state index in [9.17, 15) is 19.2 Å². The summed E-state index contributed by atoms with van der Waals surface area (Å²) in [7, 11) is 0. The van der Waals surface area contributed by atoms with E-state index >= 15 is 0 Å². The van der Waals surface area contributed by atoms with Crippen LogP contribution in [0.25, 0.3) is 0 Å². The first-order valence-corrected chi connectivity index (χ1v) is 9.86. The molecule has 3 amide bonds. The fourth-order valence-corrected chi connectivity index (χ4v) is 3.41. The zero-order valence-electron chi connectivity index (χ0n) is 17.4. The van der Waals surface area contributed by atoms with Crippen LogP contribution in [0, 0.1) is 0 Å². The van der Waals surface area contributed by atoms with Crippen molar-refractivity contribution in [3.63, 3.8) is 0 Å². The molecule has 1 fully saturated rings. The summed E-state index contributed by atoms with van der Waals surface area (Å²) >= 11 is 0. The Bertz CT molecular complexity index is 750. The van der Waals surface area contributed by atoms with E-state index in [1.54, 1.807) is 34.1 Å². The van der Waals surface area contributed by atoms with E-state index in [1.165, 1.54) is 0 Å². The summed E-state index contributed by atoms with van der Waals surface area (Å²) in [5.74, 6) is -1.31. The molecule has 8 nitrogen and oxygen atoms in total. The number of rotatable bonds is 8. The second-order valence-corrected chi connectivity index (χ2v) is 7.53. The van der Waals surface area contributed by atoms with Crippen molar-refractivity contribution in [3.05, 3.63) is 29.8 Å². The van der Waals surface area contributed by atoms with Crippen molar-refractivity contribution in [2.45, 2.75) is 52.6 Å². The number of nitrogens with one attached hydrogen (secondary N) is 1. The predicted molar refractivity (Wildman–Crippen MR) is 108 cm³/mol. The molecule has 0 aliphatic carbocycles. The van der Waals surface area contributed by atoms with Crippen LogP contribution in [-0.2, 0) is 19.1 Å². The van der Waals surface area contributed by atoms with Gasteiger partial charge in [-0.2, -0.15) is 0 Å². The predicted octanol–water partition coefficient (Wildman–Crippen LogP) is 1.73. The lowest BCUT2D eigenvalue weighted by Gasteiger charge is -2.30. The molecule has 0 bridgehead atoms. The highest BCUT2D eigenvalue weighted by atomic mass is 16.5. The van der Waals surface area contributed by atoms with E-state index in [4.69, 9.17) is 4.74 Å². The van der Waals surface area contributed by atoms with Gasteiger partial charge in [0, 0.05) is 36.3 Å². The van der Waals surface area contributed by atoms with Crippen LogP contribution < -0.4 is 10.2 Å². The van der Waals surface area contributed by atoms with Gasteiger partial charge in [0.2, 0.25) is 5.91 Å². The minimum atomic E-state index is -0.682. The van der Waals surface area contributed by atoms with Gasteiger partial charge in [-0.15, -0.1) is 0 Å². The van der Waals surface area contributed by atoms with Crippen LogP contribution in [0.3, 0.4) is 0 Å². The zero-order chi connectivity index (χ0) is 21.6. The second-order valence-electron chi connectivity index (χ2n) is 7.53. The van der Waals surface area contributed by atoms with Crippen molar-refractivity contribution in [1.82, 2.24) is 10.2 Å². The minimum Gasteiger partial charge on any atom is -0.454 e. The Balaban J connectivity index is 1.80. The Labute approximate surface area is 171 Å². The van der Waals surface area contributed by atoms with Crippen molar-refractivity contribution in [2.24, 2.45) is 0 Å². The van der Waals surface area contributed by atoms with Crippen LogP contribution in [0.4, 0.5) is 5.69 Å². The Morgan fingerprint density at radius 3 is 2.24 bits per heavy atom. The molecular weight excluding hydrogens is 374 g/mol. The molecule has 1 saturated heterocycles. The first kappa shape index (κ1) is 22.4. The Hall–Kier alpha value is -2.90. The highest BCUT2D eigenvalue weighted by Crippen LogP contribution is 2.21. The topological polar surface area (TPSA) is 96.0 Å². The maximum Gasteiger partial charge on any atom is 0.325 e. The summed E-state index contributed by atoms with van der Waals surface area (Å²) in [5, 5.41) is 2.48. The molecule has 0 saturated carbocycles. The van der Waals surface area contributed by atoms with Gasteiger partial charge in [-0.3, -0.25) is 19.2 Å². The molecule has 1 aromatic rings. The Morgan fingerprint density at radius 2 is 1.72 bits per heavy atom. The normalized spacial score (nSPS) is 13.7. The maximum absolute atomic E-state index is 12.2.